The van der Waals surface area contributed by atoms with Crippen molar-refractivity contribution in [3.05, 3.63) is 53.7 Å². The van der Waals surface area contributed by atoms with E-state index in [1.54, 1.807) is 13.2 Å². The van der Waals surface area contributed by atoms with Crippen LogP contribution in [0.1, 0.15) is 35.3 Å². The van der Waals surface area contributed by atoms with Gasteiger partial charge in [-0.3, -0.25) is 14.8 Å². The highest BCUT2D eigenvalue weighted by molar-refractivity contribution is 6.06. The van der Waals surface area contributed by atoms with Gasteiger partial charge >= 0.3 is 6.03 Å². The van der Waals surface area contributed by atoms with E-state index in [1.165, 1.54) is 12.8 Å². The van der Waals surface area contributed by atoms with Gasteiger partial charge in [-0.15, -0.1) is 0 Å². The Labute approximate surface area is 197 Å². The number of aromatic amines is 1. The molecule has 176 valence electrons. The number of benzene rings is 2. The number of nitrogens with zero attached hydrogens (tertiary/aromatic N) is 3. The van der Waals surface area contributed by atoms with Gasteiger partial charge in [0.15, 0.2) is 5.69 Å². The maximum atomic E-state index is 13.5. The normalized spacial score (nSPS) is 23.3. The number of carbonyl (C=O) groups is 2. The van der Waals surface area contributed by atoms with Crippen molar-refractivity contribution in [2.75, 3.05) is 32.1 Å². The van der Waals surface area contributed by atoms with Gasteiger partial charge in [-0.05, 0) is 55.2 Å². The Hall–Kier alpha value is -3.59. The molecule has 0 bridgehead atoms. The van der Waals surface area contributed by atoms with E-state index in [1.807, 2.05) is 41.3 Å². The Bertz CT molecular complexity index is 1270. The topological polar surface area (TPSA) is 103 Å². The molecule has 0 radical (unpaired) electrons. The number of amides is 3. The largest absolute Gasteiger partial charge is 0.497 e. The summed E-state index contributed by atoms with van der Waals surface area (Å²) in [7, 11) is 1.61. The van der Waals surface area contributed by atoms with E-state index in [-0.39, 0.29) is 23.5 Å². The predicted molar refractivity (Wildman–Crippen MR) is 128 cm³/mol. The molecule has 1 aliphatic carbocycles. The smallest absolute Gasteiger partial charge is 0.319 e. The van der Waals surface area contributed by atoms with Gasteiger partial charge in [0.25, 0.3) is 5.91 Å². The molecule has 3 aliphatic rings. The van der Waals surface area contributed by atoms with Gasteiger partial charge < -0.3 is 20.3 Å². The Morgan fingerprint density at radius 1 is 1.18 bits per heavy atom. The van der Waals surface area contributed by atoms with E-state index in [2.05, 4.69) is 25.7 Å². The van der Waals surface area contributed by atoms with Crippen molar-refractivity contribution in [2.45, 2.75) is 37.4 Å². The lowest BCUT2D eigenvalue weighted by Crippen LogP contribution is -2.79. The van der Waals surface area contributed by atoms with Crippen molar-refractivity contribution >= 4 is 28.5 Å². The molecule has 6 rings (SSSR count). The molecule has 1 saturated carbocycles. The quantitative estimate of drug-likeness (QED) is 0.543. The molecule has 2 unspecified atom stereocenters. The molecular weight excluding hydrogens is 432 g/mol. The summed E-state index contributed by atoms with van der Waals surface area (Å²) in [5.74, 6) is 0.718. The first-order valence-electron chi connectivity index (χ1n) is 11.8. The van der Waals surface area contributed by atoms with Crippen LogP contribution in [0.15, 0.2) is 42.5 Å². The molecule has 34 heavy (non-hydrogen) atoms. The lowest BCUT2D eigenvalue weighted by molar-refractivity contribution is -0.161. The fourth-order valence-electron chi connectivity index (χ4n) is 5.76. The number of ether oxygens (including phenoxy) is 1. The molecule has 2 aliphatic heterocycles. The van der Waals surface area contributed by atoms with E-state index in [9.17, 15) is 9.59 Å². The van der Waals surface area contributed by atoms with Crippen LogP contribution < -0.4 is 15.4 Å². The lowest BCUT2D eigenvalue weighted by Gasteiger charge is -2.68. The average molecular weight is 461 g/mol. The number of hydrogen-bond acceptors (Lipinski definition) is 5. The van der Waals surface area contributed by atoms with Crippen molar-refractivity contribution in [3.63, 3.8) is 0 Å². The summed E-state index contributed by atoms with van der Waals surface area (Å²) in [6.07, 6.45) is 3.42. The number of piperazine rings is 1. The molecule has 2 saturated heterocycles. The van der Waals surface area contributed by atoms with E-state index >= 15 is 0 Å². The number of nitrogens with one attached hydrogen (secondary N) is 3. The summed E-state index contributed by atoms with van der Waals surface area (Å²) >= 11 is 0. The maximum absolute atomic E-state index is 13.5. The molecule has 2 atom stereocenters. The summed E-state index contributed by atoms with van der Waals surface area (Å²) in [5.41, 5.74) is 2.96. The first-order valence-corrected chi connectivity index (χ1v) is 11.8. The summed E-state index contributed by atoms with van der Waals surface area (Å²) < 4.78 is 5.22. The fourth-order valence-corrected chi connectivity index (χ4v) is 5.76. The van der Waals surface area contributed by atoms with E-state index in [0.29, 0.717) is 17.9 Å². The van der Waals surface area contributed by atoms with Gasteiger partial charge in [0.2, 0.25) is 0 Å². The Morgan fingerprint density at radius 3 is 2.85 bits per heavy atom. The van der Waals surface area contributed by atoms with E-state index in [0.717, 1.165) is 48.3 Å². The second kappa shape index (κ2) is 8.02. The minimum atomic E-state index is -0.323. The van der Waals surface area contributed by atoms with E-state index < -0.39 is 0 Å². The van der Waals surface area contributed by atoms with Crippen LogP contribution in [-0.2, 0) is 6.54 Å². The third kappa shape index (κ3) is 3.30. The molecule has 3 N–H and O–H groups in total. The third-order valence-electron chi connectivity index (χ3n) is 7.77. The van der Waals surface area contributed by atoms with Crippen molar-refractivity contribution in [3.8, 4) is 5.75 Å². The number of hydrogen-bond donors (Lipinski definition) is 3. The third-order valence-corrected chi connectivity index (χ3v) is 7.77. The number of methoxy groups -OCH3 is 1. The highest BCUT2D eigenvalue weighted by Gasteiger charge is 2.61. The molecule has 2 aromatic carbocycles. The first kappa shape index (κ1) is 21.0. The van der Waals surface area contributed by atoms with Crippen molar-refractivity contribution < 1.29 is 14.3 Å². The van der Waals surface area contributed by atoms with Crippen LogP contribution in [0.5, 0.6) is 5.75 Å². The minimum Gasteiger partial charge on any atom is -0.497 e. The molecule has 9 nitrogen and oxygen atoms in total. The van der Waals surface area contributed by atoms with Crippen LogP contribution in [0.3, 0.4) is 0 Å². The molecule has 3 aromatic rings. The molecule has 3 fully saturated rings. The molecule has 1 aromatic heterocycles. The number of H-pyrrole nitrogens is 1. The molecule has 9 heteroatoms. The number of rotatable bonds is 5. The number of carbonyl (C=O) groups excluding carboxylic acids is 2. The van der Waals surface area contributed by atoms with Crippen LogP contribution in [-0.4, -0.2) is 70.3 Å². The Morgan fingerprint density at radius 2 is 2.09 bits per heavy atom. The average Bonchev–Trinajstić information content (AvgIpc) is 3.23. The fraction of sp³-hybridized carbons (Fsp3) is 0.400. The monoisotopic (exact) mass is 460 g/mol. The number of urea groups is 1. The zero-order valence-electron chi connectivity index (χ0n) is 19.1. The zero-order chi connectivity index (χ0) is 23.3. The van der Waals surface area contributed by atoms with Gasteiger partial charge in [-0.1, -0.05) is 12.1 Å². The van der Waals surface area contributed by atoms with Gasteiger partial charge in [0.05, 0.1) is 18.7 Å². The minimum absolute atomic E-state index is 0.0264. The second-order valence-corrected chi connectivity index (χ2v) is 9.39. The highest BCUT2D eigenvalue weighted by atomic mass is 16.5. The number of aromatic nitrogens is 2. The van der Waals surface area contributed by atoms with Gasteiger partial charge in [-0.25, -0.2) is 4.79 Å². The second-order valence-electron chi connectivity index (χ2n) is 9.39. The van der Waals surface area contributed by atoms with E-state index in [4.69, 9.17) is 4.74 Å². The molecular formula is C25H28N6O3. The SMILES string of the molecule is COc1cccc(CNC(=O)Nc2ccc3[nH]nc(C(=O)N4CCN5CCC56CCC46)c3c2)c1. The summed E-state index contributed by atoms with van der Waals surface area (Å²) in [4.78, 5) is 30.5. The van der Waals surface area contributed by atoms with Crippen LogP contribution in [0.4, 0.5) is 10.5 Å². The van der Waals surface area contributed by atoms with Crippen molar-refractivity contribution in [2.24, 2.45) is 0 Å². The first-order chi connectivity index (χ1) is 16.6. The van der Waals surface area contributed by atoms with Gasteiger partial charge in [0, 0.05) is 42.8 Å². The van der Waals surface area contributed by atoms with Gasteiger partial charge in [0.1, 0.15) is 5.75 Å². The zero-order valence-corrected chi connectivity index (χ0v) is 19.1. The molecule has 3 amide bonds. The summed E-state index contributed by atoms with van der Waals surface area (Å²) in [5, 5.41) is 13.8. The van der Waals surface area contributed by atoms with Crippen LogP contribution in [0, 0.1) is 0 Å². The van der Waals surface area contributed by atoms with Crippen molar-refractivity contribution in [1.29, 1.82) is 0 Å². The van der Waals surface area contributed by atoms with Gasteiger partial charge in [-0.2, -0.15) is 5.10 Å². The predicted octanol–water partition coefficient (Wildman–Crippen LogP) is 2.96. The standard InChI is InChI=1S/C25H28N6O3/c1-34-18-4-2-3-16(13-18)15-26-24(33)27-17-5-6-20-19(14-17)22(29-28-20)23(32)31-12-11-30-10-9-25(30)8-7-21(25)31/h2-6,13-14,21H,7-12,15H2,1H3,(H,28,29)(H2,26,27,33). The summed E-state index contributed by atoms with van der Waals surface area (Å²) in [6, 6.07) is 13.0. The molecule has 3 heterocycles. The Balaban J connectivity index is 1.16. The van der Waals surface area contributed by atoms with Crippen LogP contribution >= 0.6 is 0 Å². The van der Waals surface area contributed by atoms with Crippen LogP contribution in [0.25, 0.3) is 10.9 Å². The van der Waals surface area contributed by atoms with Crippen LogP contribution in [0.2, 0.25) is 0 Å². The lowest BCUT2D eigenvalue weighted by atomic mass is 9.61. The molecule has 1 spiro atoms. The van der Waals surface area contributed by atoms with Crippen molar-refractivity contribution in [1.82, 2.24) is 25.3 Å². The number of anilines is 1. The maximum Gasteiger partial charge on any atom is 0.319 e. The Kier molecular flexibility index (Phi) is 4.95. The highest BCUT2D eigenvalue weighted by Crippen LogP contribution is 2.51. The number of fused-ring (bicyclic) bond motifs is 1. The summed E-state index contributed by atoms with van der Waals surface area (Å²) in [6.45, 7) is 3.20.